The van der Waals surface area contributed by atoms with Crippen LogP contribution in [-0.2, 0) is 32.0 Å². The largest absolute Gasteiger partial charge is 0.480 e. The van der Waals surface area contributed by atoms with Crippen LogP contribution in [0.25, 0.3) is 10.9 Å². The molecule has 2 heterocycles. The zero-order chi connectivity index (χ0) is 27.1. The molecule has 0 aliphatic carbocycles. The van der Waals surface area contributed by atoms with Crippen molar-refractivity contribution in [2.45, 2.75) is 57.0 Å². The number of nitrogens with zero attached hydrogens (tertiary/aromatic N) is 1. The molecule has 0 saturated carbocycles. The molecule has 3 aromatic rings. The number of amides is 3. The Morgan fingerprint density at radius 1 is 0.973 bits per heavy atom. The van der Waals surface area contributed by atoms with E-state index in [1.165, 1.54) is 26.4 Å². The van der Waals surface area contributed by atoms with Gasteiger partial charge in [-0.25, -0.2) is 9.78 Å². The molecule has 198 valence electrons. The van der Waals surface area contributed by atoms with Gasteiger partial charge in [0.05, 0.1) is 12.4 Å². The lowest BCUT2D eigenvalue weighted by molar-refractivity contribution is -0.142. The number of aliphatic hydroxyl groups is 1. The van der Waals surface area contributed by atoms with Crippen LogP contribution in [0.5, 0.6) is 0 Å². The maximum atomic E-state index is 13.0. The van der Waals surface area contributed by atoms with Crippen molar-refractivity contribution < 1.29 is 29.4 Å². The fourth-order valence-electron chi connectivity index (χ4n) is 3.71. The van der Waals surface area contributed by atoms with E-state index in [9.17, 15) is 29.4 Å². The second kappa shape index (κ2) is 12.1. The summed E-state index contributed by atoms with van der Waals surface area (Å²) in [6.07, 6.45) is 3.46. The van der Waals surface area contributed by atoms with E-state index in [-0.39, 0.29) is 12.8 Å². The summed E-state index contributed by atoms with van der Waals surface area (Å²) >= 11 is 0. The second-order valence-electron chi connectivity index (χ2n) is 8.80. The van der Waals surface area contributed by atoms with E-state index in [2.05, 4.69) is 30.9 Å². The Balaban J connectivity index is 1.66. The van der Waals surface area contributed by atoms with Gasteiger partial charge in [-0.15, -0.1) is 0 Å². The molecule has 13 nitrogen and oxygen atoms in total. The number of benzene rings is 1. The van der Waals surface area contributed by atoms with E-state index < -0.39 is 54.0 Å². The fraction of sp³-hybridized carbons (Fsp3) is 0.375. The molecule has 2 aromatic heterocycles. The van der Waals surface area contributed by atoms with Crippen LogP contribution in [0, 0.1) is 0 Å². The van der Waals surface area contributed by atoms with Crippen LogP contribution in [0.2, 0.25) is 0 Å². The molecule has 0 aliphatic rings. The van der Waals surface area contributed by atoms with Gasteiger partial charge in [-0.2, -0.15) is 0 Å². The normalized spacial score (nSPS) is 15.2. The van der Waals surface area contributed by atoms with E-state index in [4.69, 9.17) is 5.73 Å². The zero-order valence-electron chi connectivity index (χ0n) is 20.4. The van der Waals surface area contributed by atoms with Crippen molar-refractivity contribution in [3.63, 3.8) is 0 Å². The number of H-pyrrole nitrogens is 2. The molecule has 0 fully saturated rings. The van der Waals surface area contributed by atoms with Crippen LogP contribution in [0.1, 0.15) is 25.1 Å². The molecular formula is C24H31N7O6. The number of aliphatic carboxylic acids is 1. The van der Waals surface area contributed by atoms with Crippen LogP contribution < -0.4 is 21.7 Å². The third kappa shape index (κ3) is 7.15. The van der Waals surface area contributed by atoms with Crippen molar-refractivity contribution in [2.75, 3.05) is 0 Å². The van der Waals surface area contributed by atoms with Crippen LogP contribution in [0.4, 0.5) is 0 Å². The first-order chi connectivity index (χ1) is 17.6. The third-order valence-electron chi connectivity index (χ3n) is 5.90. The lowest BCUT2D eigenvalue weighted by Gasteiger charge is -2.24. The second-order valence-corrected chi connectivity index (χ2v) is 8.80. The molecule has 0 radical (unpaired) electrons. The highest BCUT2D eigenvalue weighted by Gasteiger charge is 2.30. The van der Waals surface area contributed by atoms with Gasteiger partial charge in [-0.05, 0) is 25.5 Å². The van der Waals surface area contributed by atoms with E-state index in [0.717, 1.165) is 16.5 Å². The number of nitrogens with two attached hydrogens (primary N) is 1. The SMILES string of the molecule is CC(NC(=O)C(Cc1cnc[nH]1)NC(=O)C(N)C(C)O)C(=O)NC(Cc1c[nH]c2ccccc12)C(=O)O. The van der Waals surface area contributed by atoms with Gasteiger partial charge in [0.2, 0.25) is 17.7 Å². The van der Waals surface area contributed by atoms with Gasteiger partial charge in [-0.3, -0.25) is 14.4 Å². The van der Waals surface area contributed by atoms with Crippen LogP contribution in [-0.4, -0.2) is 79.1 Å². The van der Waals surface area contributed by atoms with Crippen molar-refractivity contribution >= 4 is 34.6 Å². The Bertz CT molecular complexity index is 1240. The highest BCUT2D eigenvalue weighted by atomic mass is 16.4. The molecule has 1 aromatic carbocycles. The number of hydrogen-bond donors (Lipinski definition) is 8. The monoisotopic (exact) mass is 513 g/mol. The van der Waals surface area contributed by atoms with Gasteiger partial charge in [0.15, 0.2) is 0 Å². The standard InChI is InChI=1S/C24H31N7O6/c1-12(21(33)31-19(24(36)37)7-14-9-27-17-6-4-3-5-16(14)17)29-22(34)18(8-15-10-26-11-28-15)30-23(35)20(25)13(2)32/h3-6,9-13,18-20,27,32H,7-8,25H2,1-2H3,(H,26,28)(H,29,34)(H,30,35)(H,31,33)(H,36,37). The molecule has 3 rings (SSSR count). The number of carbonyl (C=O) groups excluding carboxylic acids is 3. The Hall–Kier alpha value is -4.23. The summed E-state index contributed by atoms with van der Waals surface area (Å²) in [5.74, 6) is -3.40. The summed E-state index contributed by atoms with van der Waals surface area (Å²) in [6.45, 7) is 2.74. The first kappa shape index (κ1) is 27.4. The molecule has 37 heavy (non-hydrogen) atoms. The van der Waals surface area contributed by atoms with Gasteiger partial charge in [0.1, 0.15) is 24.2 Å². The maximum absolute atomic E-state index is 13.0. The summed E-state index contributed by atoms with van der Waals surface area (Å²) in [4.78, 5) is 59.8. The molecule has 0 spiro atoms. The number of carbonyl (C=O) groups is 4. The molecule has 3 amide bonds. The molecule has 5 unspecified atom stereocenters. The number of rotatable bonds is 12. The van der Waals surface area contributed by atoms with Crippen LogP contribution in [0.3, 0.4) is 0 Å². The number of para-hydroxylation sites is 1. The minimum atomic E-state index is -1.27. The van der Waals surface area contributed by atoms with Crippen LogP contribution >= 0.6 is 0 Å². The van der Waals surface area contributed by atoms with Gasteiger partial charge >= 0.3 is 5.97 Å². The molecule has 13 heteroatoms. The van der Waals surface area contributed by atoms with Gasteiger partial charge < -0.3 is 41.9 Å². The number of aromatic amines is 2. The number of nitrogens with one attached hydrogen (secondary N) is 5. The lowest BCUT2D eigenvalue weighted by Crippen LogP contribution is -2.58. The fourth-order valence-corrected chi connectivity index (χ4v) is 3.71. The first-order valence-corrected chi connectivity index (χ1v) is 11.7. The summed E-state index contributed by atoms with van der Waals surface area (Å²) in [5.41, 5.74) is 7.76. The van der Waals surface area contributed by atoms with E-state index >= 15 is 0 Å². The van der Waals surface area contributed by atoms with Crippen molar-refractivity contribution in [3.8, 4) is 0 Å². The Morgan fingerprint density at radius 3 is 2.32 bits per heavy atom. The van der Waals surface area contributed by atoms with E-state index in [1.807, 2.05) is 24.3 Å². The quantitative estimate of drug-likeness (QED) is 0.149. The minimum absolute atomic E-state index is 0.0107. The smallest absolute Gasteiger partial charge is 0.326 e. The average Bonchev–Trinajstić information content (AvgIpc) is 3.52. The van der Waals surface area contributed by atoms with Gasteiger partial charge in [0.25, 0.3) is 0 Å². The Labute approximate surface area is 212 Å². The summed E-state index contributed by atoms with van der Waals surface area (Å²) < 4.78 is 0. The third-order valence-corrected chi connectivity index (χ3v) is 5.90. The Kier molecular flexibility index (Phi) is 8.98. The van der Waals surface area contributed by atoms with E-state index in [0.29, 0.717) is 5.69 Å². The van der Waals surface area contributed by atoms with Crippen molar-refractivity contribution in [1.29, 1.82) is 0 Å². The number of aliphatic hydroxyl groups excluding tert-OH is 1. The topological polar surface area (TPSA) is 215 Å². The average molecular weight is 514 g/mol. The molecule has 9 N–H and O–H groups in total. The predicted molar refractivity (Wildman–Crippen MR) is 133 cm³/mol. The number of fused-ring (bicyclic) bond motifs is 1. The lowest BCUT2D eigenvalue weighted by atomic mass is 10.0. The van der Waals surface area contributed by atoms with Crippen molar-refractivity contribution in [2.24, 2.45) is 5.73 Å². The first-order valence-electron chi connectivity index (χ1n) is 11.7. The number of carboxylic acid groups (broad SMARTS) is 1. The van der Waals surface area contributed by atoms with Crippen molar-refractivity contribution in [3.05, 3.63) is 54.2 Å². The summed E-state index contributed by atoms with van der Waals surface area (Å²) in [5, 5.41) is 27.5. The zero-order valence-corrected chi connectivity index (χ0v) is 20.4. The number of carboxylic acids is 1. The highest BCUT2D eigenvalue weighted by molar-refractivity contribution is 5.94. The van der Waals surface area contributed by atoms with E-state index in [1.54, 1.807) is 6.20 Å². The maximum Gasteiger partial charge on any atom is 0.326 e. The summed E-state index contributed by atoms with van der Waals surface area (Å²) in [7, 11) is 0. The van der Waals surface area contributed by atoms with Crippen LogP contribution in [0.15, 0.2) is 43.0 Å². The predicted octanol–water partition coefficient (Wildman–Crippen LogP) is -1.06. The number of imidazole rings is 1. The summed E-state index contributed by atoms with van der Waals surface area (Å²) in [6, 6.07) is 2.62. The molecule has 0 aliphatic heterocycles. The molecular weight excluding hydrogens is 482 g/mol. The number of aromatic nitrogens is 3. The minimum Gasteiger partial charge on any atom is -0.480 e. The van der Waals surface area contributed by atoms with Gasteiger partial charge in [0, 0.05) is 41.8 Å². The van der Waals surface area contributed by atoms with Crippen molar-refractivity contribution in [1.82, 2.24) is 30.9 Å². The highest BCUT2D eigenvalue weighted by Crippen LogP contribution is 2.19. The molecule has 0 bridgehead atoms. The van der Waals surface area contributed by atoms with Gasteiger partial charge in [-0.1, -0.05) is 18.2 Å². The Morgan fingerprint density at radius 2 is 1.68 bits per heavy atom. The molecule has 5 atom stereocenters. The number of hydrogen-bond acceptors (Lipinski definition) is 7. The molecule has 0 saturated heterocycles.